The Kier molecular flexibility index (Phi) is 8.85. The van der Waals surface area contributed by atoms with Gasteiger partial charge >= 0.3 is 12.4 Å². The van der Waals surface area contributed by atoms with Crippen molar-refractivity contribution in [1.82, 2.24) is 0 Å². The van der Waals surface area contributed by atoms with Crippen LogP contribution in [0.5, 0.6) is 0 Å². The summed E-state index contributed by atoms with van der Waals surface area (Å²) in [5.41, 5.74) is -1.94. The van der Waals surface area contributed by atoms with Crippen LogP contribution in [0.3, 0.4) is 0 Å². The maximum atomic E-state index is 13.1. The van der Waals surface area contributed by atoms with Crippen LogP contribution in [0.2, 0.25) is 0 Å². The monoisotopic (exact) mass is 534 g/mol. The molecule has 8 heteroatoms. The summed E-state index contributed by atoms with van der Waals surface area (Å²) in [4.78, 5) is 0. The normalized spacial score (nSPS) is 31.9. The topological polar surface area (TPSA) is 40.5 Å². The summed E-state index contributed by atoms with van der Waals surface area (Å²) in [6.07, 6.45) is 3.92. The zero-order chi connectivity index (χ0) is 27.7. The van der Waals surface area contributed by atoms with E-state index in [1.807, 2.05) is 13.8 Å². The van der Waals surface area contributed by atoms with Gasteiger partial charge in [0.1, 0.15) is 0 Å². The Bertz CT molecular complexity index is 927. The number of rotatable bonds is 6. The van der Waals surface area contributed by atoms with Gasteiger partial charge in [0.25, 0.3) is 5.60 Å². The Morgan fingerprint density at radius 1 is 1.00 bits per heavy atom. The highest BCUT2D eigenvalue weighted by atomic mass is 19.4. The Morgan fingerprint density at radius 2 is 1.59 bits per heavy atom. The van der Waals surface area contributed by atoms with Gasteiger partial charge in [-0.1, -0.05) is 61.8 Å². The molecular formula is C29H40F6O2. The third-order valence-electron chi connectivity index (χ3n) is 9.14. The molecule has 0 saturated heterocycles. The van der Waals surface area contributed by atoms with Gasteiger partial charge in [-0.05, 0) is 93.5 Å². The minimum absolute atomic E-state index is 0.0246. The number of hydrogen-bond donors (Lipinski definition) is 2. The van der Waals surface area contributed by atoms with Gasteiger partial charge in [0.15, 0.2) is 0 Å². The Labute approximate surface area is 216 Å². The van der Waals surface area contributed by atoms with Gasteiger partial charge in [-0.3, -0.25) is 0 Å². The van der Waals surface area contributed by atoms with Gasteiger partial charge in [-0.2, -0.15) is 26.3 Å². The molecule has 3 aliphatic carbocycles. The van der Waals surface area contributed by atoms with E-state index >= 15 is 0 Å². The highest BCUT2D eigenvalue weighted by Crippen LogP contribution is 2.59. The Hall–Kier alpha value is -1.54. The van der Waals surface area contributed by atoms with Crippen LogP contribution in [-0.2, 0) is 0 Å². The quantitative estimate of drug-likeness (QED) is 0.265. The molecule has 2 nitrogen and oxygen atoms in total. The molecule has 0 aliphatic heterocycles. The van der Waals surface area contributed by atoms with E-state index in [2.05, 4.69) is 25.2 Å². The van der Waals surface area contributed by atoms with Crippen molar-refractivity contribution in [2.75, 3.05) is 0 Å². The number of allylic oxidation sites excluding steroid dienone is 6. The van der Waals surface area contributed by atoms with Crippen molar-refractivity contribution in [3.8, 4) is 0 Å². The summed E-state index contributed by atoms with van der Waals surface area (Å²) >= 11 is 0. The van der Waals surface area contributed by atoms with Gasteiger partial charge in [0.2, 0.25) is 0 Å². The van der Waals surface area contributed by atoms with E-state index in [0.29, 0.717) is 12.3 Å². The van der Waals surface area contributed by atoms with Crippen LogP contribution in [0.4, 0.5) is 26.3 Å². The van der Waals surface area contributed by atoms with Crippen LogP contribution in [0.25, 0.3) is 0 Å². The fourth-order valence-corrected chi connectivity index (χ4v) is 6.55. The fourth-order valence-electron chi connectivity index (χ4n) is 6.55. The molecule has 3 unspecified atom stereocenters. The minimum atomic E-state index is -5.86. The van der Waals surface area contributed by atoms with E-state index in [4.69, 9.17) is 0 Å². The van der Waals surface area contributed by atoms with Crippen LogP contribution < -0.4 is 0 Å². The molecule has 0 aromatic rings. The lowest BCUT2D eigenvalue weighted by Crippen LogP contribution is -2.55. The van der Waals surface area contributed by atoms with Gasteiger partial charge in [-0.15, -0.1) is 0 Å². The van der Waals surface area contributed by atoms with Crippen molar-refractivity contribution in [2.24, 2.45) is 16.7 Å². The predicted octanol–water partition coefficient (Wildman–Crippen LogP) is 8.52. The van der Waals surface area contributed by atoms with Crippen LogP contribution in [0.1, 0.15) is 91.4 Å². The van der Waals surface area contributed by atoms with E-state index in [0.717, 1.165) is 69.4 Å². The lowest BCUT2D eigenvalue weighted by Gasteiger charge is -2.43. The smallest absolute Gasteiger partial charge is 0.393 e. The highest BCUT2D eigenvalue weighted by molar-refractivity contribution is 5.32. The first kappa shape index (κ1) is 30.0. The van der Waals surface area contributed by atoms with Gasteiger partial charge in [-0.25, -0.2) is 0 Å². The van der Waals surface area contributed by atoms with E-state index < -0.39 is 23.4 Å². The summed E-state index contributed by atoms with van der Waals surface area (Å²) in [5.74, 6) is 0.323. The molecule has 0 spiro atoms. The van der Waals surface area contributed by atoms with Crippen molar-refractivity contribution in [1.29, 1.82) is 0 Å². The summed E-state index contributed by atoms with van der Waals surface area (Å²) < 4.78 is 78.7. The number of fused-ring (bicyclic) bond motifs is 1. The first-order valence-corrected chi connectivity index (χ1v) is 13.4. The molecule has 0 radical (unpaired) electrons. The molecule has 0 heterocycles. The SMILES string of the molecule is CCC(C)(C/C=C\C(O)(C(F)(F)F)C(F)(F)F)C1=CC[C@H]2C/C(=C/C=C3/CCCC(O)C3)CCCC12C. The van der Waals surface area contributed by atoms with Gasteiger partial charge in [0, 0.05) is 0 Å². The van der Waals surface area contributed by atoms with E-state index in [9.17, 15) is 36.6 Å². The van der Waals surface area contributed by atoms with Gasteiger partial charge in [0.05, 0.1) is 6.10 Å². The van der Waals surface area contributed by atoms with Crippen molar-refractivity contribution in [2.45, 2.75) is 115 Å². The first-order chi connectivity index (χ1) is 17.1. The Morgan fingerprint density at radius 3 is 2.16 bits per heavy atom. The van der Waals surface area contributed by atoms with Crippen LogP contribution in [0.15, 0.2) is 47.1 Å². The molecule has 2 fully saturated rings. The van der Waals surface area contributed by atoms with E-state index in [1.165, 1.54) is 11.1 Å². The van der Waals surface area contributed by atoms with Crippen LogP contribution in [0, 0.1) is 16.7 Å². The lowest BCUT2D eigenvalue weighted by molar-refractivity contribution is -0.347. The largest absolute Gasteiger partial charge is 0.429 e. The molecule has 0 bridgehead atoms. The molecule has 4 atom stereocenters. The molecule has 37 heavy (non-hydrogen) atoms. The van der Waals surface area contributed by atoms with Gasteiger partial charge < -0.3 is 10.2 Å². The molecular weight excluding hydrogens is 494 g/mol. The first-order valence-electron chi connectivity index (χ1n) is 13.4. The van der Waals surface area contributed by atoms with Crippen LogP contribution >= 0.6 is 0 Å². The molecule has 3 rings (SSSR count). The lowest BCUT2D eigenvalue weighted by atomic mass is 9.62. The molecule has 210 valence electrons. The molecule has 2 N–H and O–H groups in total. The summed E-state index contributed by atoms with van der Waals surface area (Å²) in [6, 6.07) is 0. The minimum Gasteiger partial charge on any atom is -0.393 e. The zero-order valence-electron chi connectivity index (χ0n) is 22.0. The standard InChI is InChI=1S/C29H40F6O2/c1-4-25(2,15-7-17-27(37,28(30,31)32)29(33,34)35)24-14-13-22-18-20(9-6-16-26(22,24)3)11-12-21-8-5-10-23(36)19-21/h7,11-12,14,17,22-23,36-37H,4-6,8-10,13,15-16,18-19H2,1-3H3/b17-7-,20-11+,21-12-/t22-,23?,25?,26?/m0/s1. The number of hydrogen-bond acceptors (Lipinski definition) is 2. The number of aliphatic hydroxyl groups excluding tert-OH is 1. The second-order valence-electron chi connectivity index (χ2n) is 11.7. The maximum absolute atomic E-state index is 13.1. The second kappa shape index (κ2) is 10.9. The molecule has 0 amide bonds. The molecule has 3 aliphatic rings. The zero-order valence-corrected chi connectivity index (χ0v) is 22.0. The molecule has 2 saturated carbocycles. The molecule has 0 aromatic carbocycles. The van der Waals surface area contributed by atoms with Crippen molar-refractivity contribution >= 4 is 0 Å². The number of aliphatic hydroxyl groups is 2. The van der Waals surface area contributed by atoms with Crippen molar-refractivity contribution in [3.05, 3.63) is 47.1 Å². The van der Waals surface area contributed by atoms with Crippen molar-refractivity contribution < 1.29 is 36.6 Å². The van der Waals surface area contributed by atoms with Crippen LogP contribution in [-0.4, -0.2) is 34.3 Å². The summed E-state index contributed by atoms with van der Waals surface area (Å²) in [5, 5.41) is 19.4. The fraction of sp³-hybridized carbons (Fsp3) is 0.724. The second-order valence-corrected chi connectivity index (χ2v) is 11.7. The van der Waals surface area contributed by atoms with E-state index in [-0.39, 0.29) is 24.0 Å². The predicted molar refractivity (Wildman–Crippen MR) is 133 cm³/mol. The summed E-state index contributed by atoms with van der Waals surface area (Å²) in [6.45, 7) is 5.99. The Balaban J connectivity index is 1.78. The average molecular weight is 535 g/mol. The summed E-state index contributed by atoms with van der Waals surface area (Å²) in [7, 11) is 0. The maximum Gasteiger partial charge on any atom is 0.429 e. The highest BCUT2D eigenvalue weighted by Gasteiger charge is 2.69. The molecule has 0 aromatic heterocycles. The third kappa shape index (κ3) is 6.21. The van der Waals surface area contributed by atoms with E-state index in [1.54, 1.807) is 0 Å². The number of alkyl halides is 6. The average Bonchev–Trinajstić information content (AvgIpc) is 3.02. The number of halogens is 6. The third-order valence-corrected chi connectivity index (χ3v) is 9.14. The van der Waals surface area contributed by atoms with Crippen molar-refractivity contribution in [3.63, 3.8) is 0 Å².